The lowest BCUT2D eigenvalue weighted by atomic mass is 10.1. The van der Waals surface area contributed by atoms with E-state index in [1.165, 1.54) is 0 Å². The fourth-order valence-corrected chi connectivity index (χ4v) is 1.62. The number of aliphatic hydroxyl groups excluding tert-OH is 1. The van der Waals surface area contributed by atoms with Crippen LogP contribution in [-0.4, -0.2) is 25.4 Å². The van der Waals surface area contributed by atoms with Gasteiger partial charge in [-0.2, -0.15) is 0 Å². The van der Waals surface area contributed by atoms with Gasteiger partial charge in [0.05, 0.1) is 7.11 Å². The summed E-state index contributed by atoms with van der Waals surface area (Å²) in [6, 6.07) is 5.60. The molecule has 0 aliphatic heterocycles. The predicted octanol–water partition coefficient (Wildman–Crippen LogP) is 2.10. The molecular formula is C13H22N2O2. The zero-order valence-corrected chi connectivity index (χ0v) is 10.6. The molecule has 0 saturated carbocycles. The van der Waals surface area contributed by atoms with Gasteiger partial charge in [0.1, 0.15) is 5.75 Å². The standard InChI is InChI=1S/C13H22N2O2/c1-10(9-16)4-3-5-15-12-6-11(14)7-13(8-12)17-2/h6-8,10,15-16H,3-5,9,14H2,1-2H3. The molecule has 0 amide bonds. The summed E-state index contributed by atoms with van der Waals surface area (Å²) in [7, 11) is 1.63. The molecule has 96 valence electrons. The second kappa shape index (κ2) is 7.01. The topological polar surface area (TPSA) is 67.5 Å². The van der Waals surface area contributed by atoms with Gasteiger partial charge in [0.25, 0.3) is 0 Å². The normalized spacial score (nSPS) is 12.2. The molecule has 0 aliphatic rings. The molecule has 1 aromatic rings. The molecule has 0 radical (unpaired) electrons. The van der Waals surface area contributed by atoms with Gasteiger partial charge in [-0.1, -0.05) is 6.92 Å². The van der Waals surface area contributed by atoms with Crippen LogP contribution in [0.1, 0.15) is 19.8 Å². The third-order valence-electron chi connectivity index (χ3n) is 2.68. The lowest BCUT2D eigenvalue weighted by Crippen LogP contribution is -2.06. The number of methoxy groups -OCH3 is 1. The van der Waals surface area contributed by atoms with Crippen LogP contribution in [0.4, 0.5) is 11.4 Å². The van der Waals surface area contributed by atoms with Gasteiger partial charge in [0.15, 0.2) is 0 Å². The number of nitrogens with two attached hydrogens (primary N) is 1. The lowest BCUT2D eigenvalue weighted by Gasteiger charge is -2.11. The number of nitrogen functional groups attached to an aromatic ring is 1. The molecule has 4 heteroatoms. The maximum atomic E-state index is 8.90. The van der Waals surface area contributed by atoms with Crippen molar-refractivity contribution >= 4 is 11.4 Å². The fourth-order valence-electron chi connectivity index (χ4n) is 1.62. The number of nitrogens with one attached hydrogen (secondary N) is 1. The monoisotopic (exact) mass is 238 g/mol. The van der Waals surface area contributed by atoms with Crippen molar-refractivity contribution in [1.82, 2.24) is 0 Å². The SMILES string of the molecule is COc1cc(N)cc(NCCCC(C)CO)c1. The van der Waals surface area contributed by atoms with Crippen molar-refractivity contribution < 1.29 is 9.84 Å². The largest absolute Gasteiger partial charge is 0.497 e. The molecule has 0 bridgehead atoms. The van der Waals surface area contributed by atoms with Crippen LogP contribution in [0.5, 0.6) is 5.75 Å². The van der Waals surface area contributed by atoms with Crippen LogP contribution in [0.15, 0.2) is 18.2 Å². The molecule has 4 N–H and O–H groups in total. The van der Waals surface area contributed by atoms with Gasteiger partial charge < -0.3 is 20.9 Å². The molecule has 1 rings (SSSR count). The van der Waals surface area contributed by atoms with E-state index in [4.69, 9.17) is 15.6 Å². The Labute approximate surface area is 103 Å². The first-order chi connectivity index (χ1) is 8.15. The summed E-state index contributed by atoms with van der Waals surface area (Å²) in [5, 5.41) is 12.2. The van der Waals surface area contributed by atoms with Crippen molar-refractivity contribution in [2.24, 2.45) is 5.92 Å². The highest BCUT2D eigenvalue weighted by Crippen LogP contribution is 2.22. The molecule has 0 saturated heterocycles. The molecule has 0 fully saturated rings. The van der Waals surface area contributed by atoms with Gasteiger partial charge in [-0.25, -0.2) is 0 Å². The highest BCUT2D eigenvalue weighted by Gasteiger charge is 2.01. The van der Waals surface area contributed by atoms with Crippen molar-refractivity contribution in [3.8, 4) is 5.75 Å². The van der Waals surface area contributed by atoms with E-state index in [2.05, 4.69) is 5.32 Å². The Balaban J connectivity index is 2.38. The van der Waals surface area contributed by atoms with Crippen LogP contribution in [0.25, 0.3) is 0 Å². The van der Waals surface area contributed by atoms with Crippen LogP contribution in [-0.2, 0) is 0 Å². The first-order valence-corrected chi connectivity index (χ1v) is 5.95. The average molecular weight is 238 g/mol. The van der Waals surface area contributed by atoms with E-state index in [1.54, 1.807) is 13.2 Å². The zero-order chi connectivity index (χ0) is 12.7. The van der Waals surface area contributed by atoms with E-state index in [0.717, 1.165) is 30.8 Å². The van der Waals surface area contributed by atoms with Crippen molar-refractivity contribution in [1.29, 1.82) is 0 Å². The summed E-state index contributed by atoms with van der Waals surface area (Å²) in [5.74, 6) is 1.13. The summed E-state index contributed by atoms with van der Waals surface area (Å²) in [6.45, 7) is 3.17. The van der Waals surface area contributed by atoms with Crippen LogP contribution >= 0.6 is 0 Å². The minimum absolute atomic E-state index is 0.256. The van der Waals surface area contributed by atoms with Crippen molar-refractivity contribution in [3.63, 3.8) is 0 Å². The molecule has 0 aromatic heterocycles. The summed E-state index contributed by atoms with van der Waals surface area (Å²) >= 11 is 0. The Morgan fingerprint density at radius 1 is 1.41 bits per heavy atom. The maximum Gasteiger partial charge on any atom is 0.122 e. The van der Waals surface area contributed by atoms with Crippen LogP contribution < -0.4 is 15.8 Å². The highest BCUT2D eigenvalue weighted by molar-refractivity contribution is 5.59. The Kier molecular flexibility index (Phi) is 5.63. The Morgan fingerprint density at radius 2 is 2.18 bits per heavy atom. The Hall–Kier alpha value is -1.42. The van der Waals surface area contributed by atoms with E-state index in [0.29, 0.717) is 11.6 Å². The van der Waals surface area contributed by atoms with E-state index in [9.17, 15) is 0 Å². The van der Waals surface area contributed by atoms with E-state index in [1.807, 2.05) is 19.1 Å². The zero-order valence-electron chi connectivity index (χ0n) is 10.6. The third kappa shape index (κ3) is 4.95. The molecule has 1 unspecified atom stereocenters. The first-order valence-electron chi connectivity index (χ1n) is 5.95. The van der Waals surface area contributed by atoms with Gasteiger partial charge in [0, 0.05) is 36.7 Å². The van der Waals surface area contributed by atoms with Gasteiger partial charge in [0.2, 0.25) is 0 Å². The number of hydrogen-bond donors (Lipinski definition) is 3. The van der Waals surface area contributed by atoms with E-state index >= 15 is 0 Å². The van der Waals surface area contributed by atoms with Crippen LogP contribution in [0.3, 0.4) is 0 Å². The molecule has 0 heterocycles. The summed E-state index contributed by atoms with van der Waals surface area (Å²) in [5.41, 5.74) is 7.42. The predicted molar refractivity (Wildman–Crippen MR) is 71.4 cm³/mol. The van der Waals surface area contributed by atoms with Gasteiger partial charge in [-0.05, 0) is 24.8 Å². The number of rotatable bonds is 7. The molecule has 1 aromatic carbocycles. The quantitative estimate of drug-likeness (QED) is 0.502. The summed E-state index contributed by atoms with van der Waals surface area (Å²) < 4.78 is 5.14. The molecule has 4 nitrogen and oxygen atoms in total. The fraction of sp³-hybridized carbons (Fsp3) is 0.538. The second-order valence-electron chi connectivity index (χ2n) is 4.35. The number of ether oxygens (including phenoxy) is 1. The van der Waals surface area contributed by atoms with Crippen molar-refractivity contribution in [2.45, 2.75) is 19.8 Å². The Bertz CT molecular complexity index is 342. The molecule has 0 aliphatic carbocycles. The van der Waals surface area contributed by atoms with Gasteiger partial charge in [-0.3, -0.25) is 0 Å². The van der Waals surface area contributed by atoms with Crippen molar-refractivity contribution in [3.05, 3.63) is 18.2 Å². The molecular weight excluding hydrogens is 216 g/mol. The molecule has 17 heavy (non-hydrogen) atoms. The molecule has 0 spiro atoms. The number of anilines is 2. The van der Waals surface area contributed by atoms with Gasteiger partial charge in [-0.15, -0.1) is 0 Å². The van der Waals surface area contributed by atoms with Crippen LogP contribution in [0, 0.1) is 5.92 Å². The van der Waals surface area contributed by atoms with Gasteiger partial charge >= 0.3 is 0 Å². The number of aliphatic hydroxyl groups is 1. The Morgan fingerprint density at radius 3 is 2.82 bits per heavy atom. The maximum absolute atomic E-state index is 8.90. The minimum atomic E-state index is 0.256. The first kappa shape index (κ1) is 13.6. The summed E-state index contributed by atoms with van der Waals surface area (Å²) in [6.07, 6.45) is 2.04. The number of hydrogen-bond acceptors (Lipinski definition) is 4. The third-order valence-corrected chi connectivity index (χ3v) is 2.68. The molecule has 1 atom stereocenters. The van der Waals surface area contributed by atoms with Crippen molar-refractivity contribution in [2.75, 3.05) is 31.3 Å². The number of benzene rings is 1. The van der Waals surface area contributed by atoms with E-state index < -0.39 is 0 Å². The second-order valence-corrected chi connectivity index (χ2v) is 4.35. The summed E-state index contributed by atoms with van der Waals surface area (Å²) in [4.78, 5) is 0. The van der Waals surface area contributed by atoms with Crippen LogP contribution in [0.2, 0.25) is 0 Å². The lowest BCUT2D eigenvalue weighted by molar-refractivity contribution is 0.229. The smallest absolute Gasteiger partial charge is 0.122 e. The minimum Gasteiger partial charge on any atom is -0.497 e. The average Bonchev–Trinajstić information content (AvgIpc) is 2.33. The highest BCUT2D eigenvalue weighted by atomic mass is 16.5. The van der Waals surface area contributed by atoms with E-state index in [-0.39, 0.29) is 6.61 Å².